The quantitative estimate of drug-likeness (QED) is 0.634. The first-order chi connectivity index (χ1) is 6.81. The van der Waals surface area contributed by atoms with E-state index in [4.69, 9.17) is 10.5 Å². The third-order valence-electron chi connectivity index (χ3n) is 3.35. The number of hydrogen-bond donors (Lipinski definition) is 2. The zero-order chi connectivity index (χ0) is 9.97. The number of aliphatic hydroxyl groups excluding tert-OH is 1. The summed E-state index contributed by atoms with van der Waals surface area (Å²) in [5, 5.41) is 9.79. The first-order valence-electron chi connectivity index (χ1n) is 5.55. The summed E-state index contributed by atoms with van der Waals surface area (Å²) >= 11 is 0. The normalized spacial score (nSPS) is 40.3. The van der Waals surface area contributed by atoms with Gasteiger partial charge < -0.3 is 15.6 Å². The van der Waals surface area contributed by atoms with Gasteiger partial charge in [-0.25, -0.2) is 0 Å². The van der Waals surface area contributed by atoms with Gasteiger partial charge in [0, 0.05) is 25.7 Å². The maximum Gasteiger partial charge on any atom is 0.0824 e. The van der Waals surface area contributed by atoms with Crippen molar-refractivity contribution in [1.29, 1.82) is 0 Å². The van der Waals surface area contributed by atoms with Gasteiger partial charge in [0.2, 0.25) is 0 Å². The monoisotopic (exact) mass is 200 g/mol. The molecule has 3 atom stereocenters. The molecule has 0 bridgehead atoms. The number of nitrogens with two attached hydrogens (primary N) is 1. The molecule has 3 N–H and O–H groups in total. The Bertz CT molecular complexity index is 189. The van der Waals surface area contributed by atoms with Crippen LogP contribution in [0, 0.1) is 0 Å². The second-order valence-electron chi connectivity index (χ2n) is 4.29. The molecule has 4 nitrogen and oxygen atoms in total. The molecule has 0 aromatic carbocycles. The van der Waals surface area contributed by atoms with E-state index in [1.165, 1.54) is 0 Å². The van der Waals surface area contributed by atoms with Crippen molar-refractivity contribution in [3.63, 3.8) is 0 Å². The molecule has 0 spiro atoms. The molecule has 1 aliphatic heterocycles. The molecule has 82 valence electrons. The van der Waals surface area contributed by atoms with Gasteiger partial charge in [-0.3, -0.25) is 4.90 Å². The SMILES string of the molecule is NCC1CN(C2CCCC2O)CCO1. The molecule has 2 aliphatic rings. The van der Waals surface area contributed by atoms with Crippen molar-refractivity contribution in [2.75, 3.05) is 26.2 Å². The van der Waals surface area contributed by atoms with E-state index in [9.17, 15) is 5.11 Å². The lowest BCUT2D eigenvalue weighted by Gasteiger charge is -2.37. The summed E-state index contributed by atoms with van der Waals surface area (Å²) in [6, 6.07) is 0.355. The van der Waals surface area contributed by atoms with E-state index in [2.05, 4.69) is 4.90 Å². The molecule has 0 aromatic heterocycles. The largest absolute Gasteiger partial charge is 0.391 e. The molecule has 2 rings (SSSR count). The van der Waals surface area contributed by atoms with Crippen LogP contribution in [0.3, 0.4) is 0 Å². The van der Waals surface area contributed by atoms with Gasteiger partial charge in [-0.1, -0.05) is 0 Å². The van der Waals surface area contributed by atoms with Gasteiger partial charge in [-0.05, 0) is 19.3 Å². The summed E-state index contributed by atoms with van der Waals surface area (Å²) in [6.45, 7) is 3.17. The van der Waals surface area contributed by atoms with Gasteiger partial charge in [-0.15, -0.1) is 0 Å². The van der Waals surface area contributed by atoms with Crippen LogP contribution in [0.1, 0.15) is 19.3 Å². The van der Waals surface area contributed by atoms with Gasteiger partial charge in [0.1, 0.15) is 0 Å². The summed E-state index contributed by atoms with van der Waals surface area (Å²) in [6.07, 6.45) is 3.26. The van der Waals surface area contributed by atoms with Crippen LogP contribution in [0.25, 0.3) is 0 Å². The molecule has 1 saturated heterocycles. The van der Waals surface area contributed by atoms with Crippen LogP contribution in [0.15, 0.2) is 0 Å². The molecule has 2 fully saturated rings. The minimum absolute atomic E-state index is 0.133. The molecular formula is C10H20N2O2. The lowest BCUT2D eigenvalue weighted by molar-refractivity contribution is -0.0544. The average Bonchev–Trinajstić information content (AvgIpc) is 2.65. The summed E-state index contributed by atoms with van der Waals surface area (Å²) in [7, 11) is 0. The zero-order valence-electron chi connectivity index (χ0n) is 8.56. The van der Waals surface area contributed by atoms with Gasteiger partial charge in [0.25, 0.3) is 0 Å². The van der Waals surface area contributed by atoms with Crippen LogP contribution >= 0.6 is 0 Å². The van der Waals surface area contributed by atoms with Crippen molar-refractivity contribution in [3.05, 3.63) is 0 Å². The van der Waals surface area contributed by atoms with Crippen LogP contribution in [-0.4, -0.2) is 54.5 Å². The third-order valence-corrected chi connectivity index (χ3v) is 3.35. The minimum atomic E-state index is -0.133. The fraction of sp³-hybridized carbons (Fsp3) is 1.00. The van der Waals surface area contributed by atoms with Crippen LogP contribution in [0.4, 0.5) is 0 Å². The van der Waals surface area contributed by atoms with Gasteiger partial charge in [0.05, 0.1) is 18.8 Å². The maximum absolute atomic E-state index is 9.79. The van der Waals surface area contributed by atoms with Crippen LogP contribution in [-0.2, 0) is 4.74 Å². The predicted molar refractivity (Wildman–Crippen MR) is 54.0 cm³/mol. The first kappa shape index (κ1) is 10.4. The molecule has 0 amide bonds. The van der Waals surface area contributed by atoms with Crippen LogP contribution in [0.2, 0.25) is 0 Å². The first-order valence-corrected chi connectivity index (χ1v) is 5.55. The number of morpholine rings is 1. The molecule has 0 aromatic rings. The zero-order valence-corrected chi connectivity index (χ0v) is 8.56. The molecule has 1 saturated carbocycles. The van der Waals surface area contributed by atoms with Crippen molar-refractivity contribution in [3.8, 4) is 0 Å². The van der Waals surface area contributed by atoms with Crippen molar-refractivity contribution in [2.24, 2.45) is 5.73 Å². The number of nitrogens with zero attached hydrogens (tertiary/aromatic N) is 1. The lowest BCUT2D eigenvalue weighted by atomic mass is 10.1. The second kappa shape index (κ2) is 4.57. The highest BCUT2D eigenvalue weighted by molar-refractivity contribution is 4.87. The molecule has 3 unspecified atom stereocenters. The highest BCUT2D eigenvalue weighted by Crippen LogP contribution is 2.25. The Morgan fingerprint density at radius 3 is 2.93 bits per heavy atom. The molecule has 1 heterocycles. The Balaban J connectivity index is 1.90. The summed E-state index contributed by atoms with van der Waals surface area (Å²) in [4.78, 5) is 2.35. The van der Waals surface area contributed by atoms with E-state index >= 15 is 0 Å². The van der Waals surface area contributed by atoms with E-state index in [-0.39, 0.29) is 12.2 Å². The molecule has 1 aliphatic carbocycles. The van der Waals surface area contributed by atoms with E-state index in [1.54, 1.807) is 0 Å². The Hall–Kier alpha value is -0.160. The smallest absolute Gasteiger partial charge is 0.0824 e. The number of ether oxygens (including phenoxy) is 1. The Kier molecular flexibility index (Phi) is 3.38. The van der Waals surface area contributed by atoms with Gasteiger partial charge >= 0.3 is 0 Å². The molecule has 0 radical (unpaired) electrons. The fourth-order valence-electron chi connectivity index (χ4n) is 2.53. The lowest BCUT2D eigenvalue weighted by Crippen LogP contribution is -2.51. The van der Waals surface area contributed by atoms with E-state index in [1.807, 2.05) is 0 Å². The van der Waals surface area contributed by atoms with E-state index in [0.717, 1.165) is 39.0 Å². The fourth-order valence-corrected chi connectivity index (χ4v) is 2.53. The van der Waals surface area contributed by atoms with Gasteiger partial charge in [0.15, 0.2) is 0 Å². The highest BCUT2D eigenvalue weighted by atomic mass is 16.5. The van der Waals surface area contributed by atoms with E-state index in [0.29, 0.717) is 12.6 Å². The number of rotatable bonds is 2. The number of aliphatic hydroxyl groups is 1. The van der Waals surface area contributed by atoms with E-state index < -0.39 is 0 Å². The van der Waals surface area contributed by atoms with Crippen LogP contribution in [0.5, 0.6) is 0 Å². The summed E-state index contributed by atoms with van der Waals surface area (Å²) in [5.41, 5.74) is 5.58. The Morgan fingerprint density at radius 1 is 1.43 bits per heavy atom. The number of hydrogen-bond acceptors (Lipinski definition) is 4. The summed E-state index contributed by atoms with van der Waals surface area (Å²) < 4.78 is 5.50. The molecule has 4 heteroatoms. The van der Waals surface area contributed by atoms with Crippen molar-refractivity contribution in [2.45, 2.75) is 37.5 Å². The molecular weight excluding hydrogens is 180 g/mol. The van der Waals surface area contributed by atoms with Gasteiger partial charge in [-0.2, -0.15) is 0 Å². The van der Waals surface area contributed by atoms with Crippen molar-refractivity contribution in [1.82, 2.24) is 4.90 Å². The average molecular weight is 200 g/mol. The predicted octanol–water partition coefficient (Wildman–Crippen LogP) is -0.441. The highest BCUT2D eigenvalue weighted by Gasteiger charge is 2.33. The standard InChI is InChI=1S/C10H20N2O2/c11-6-8-7-12(4-5-14-8)9-2-1-3-10(9)13/h8-10,13H,1-7,11H2. The minimum Gasteiger partial charge on any atom is -0.391 e. The third kappa shape index (κ3) is 2.08. The van der Waals surface area contributed by atoms with Crippen molar-refractivity contribution >= 4 is 0 Å². The Labute approximate surface area is 85.0 Å². The maximum atomic E-state index is 9.79. The van der Waals surface area contributed by atoms with Crippen molar-refractivity contribution < 1.29 is 9.84 Å². The second-order valence-corrected chi connectivity index (χ2v) is 4.29. The van der Waals surface area contributed by atoms with Crippen LogP contribution < -0.4 is 5.73 Å². The summed E-state index contributed by atoms with van der Waals surface area (Å²) in [5.74, 6) is 0. The Morgan fingerprint density at radius 2 is 2.29 bits per heavy atom. The topological polar surface area (TPSA) is 58.7 Å². The molecule has 14 heavy (non-hydrogen) atoms.